The molecule has 3 rings (SSSR count). The summed E-state index contributed by atoms with van der Waals surface area (Å²) in [6, 6.07) is 5.56. The SMILES string of the molecule is COc1cc(C(=O)O)c(F)cc1NSc1csc(-c2ccc(C(F)(F)C(F)(F)F)cc2)n1. The molecule has 3 aromatic rings. The first-order valence-electron chi connectivity index (χ1n) is 8.48. The number of benzene rings is 2. The summed E-state index contributed by atoms with van der Waals surface area (Å²) < 4.78 is 86.0. The molecule has 2 N–H and O–H groups in total. The molecule has 5 nitrogen and oxygen atoms in total. The maximum absolute atomic E-state index is 13.9. The van der Waals surface area contributed by atoms with Gasteiger partial charge in [0, 0.05) is 34.5 Å². The Bertz CT molecular complexity index is 1130. The Morgan fingerprint density at radius 2 is 1.81 bits per heavy atom. The summed E-state index contributed by atoms with van der Waals surface area (Å²) in [7, 11) is 1.28. The van der Waals surface area contributed by atoms with Crippen molar-refractivity contribution in [1.82, 2.24) is 4.98 Å². The minimum absolute atomic E-state index is 0.0768. The van der Waals surface area contributed by atoms with Crippen molar-refractivity contribution in [3.63, 3.8) is 0 Å². The normalized spacial score (nSPS) is 12.0. The van der Waals surface area contributed by atoms with E-state index in [-0.39, 0.29) is 11.4 Å². The number of thiazole rings is 1. The van der Waals surface area contributed by atoms with Crippen molar-refractivity contribution >= 4 is 34.9 Å². The van der Waals surface area contributed by atoms with Crippen molar-refractivity contribution in [1.29, 1.82) is 0 Å². The van der Waals surface area contributed by atoms with E-state index in [0.717, 1.165) is 47.6 Å². The van der Waals surface area contributed by atoms with Gasteiger partial charge in [0.15, 0.2) is 0 Å². The quantitative estimate of drug-likeness (QED) is 0.291. The van der Waals surface area contributed by atoms with E-state index in [2.05, 4.69) is 9.71 Å². The van der Waals surface area contributed by atoms with Crippen LogP contribution in [-0.2, 0) is 5.92 Å². The molecule has 0 radical (unpaired) electrons. The number of rotatable bonds is 7. The third-order valence-corrected chi connectivity index (χ3v) is 5.90. The lowest BCUT2D eigenvalue weighted by Gasteiger charge is -2.19. The van der Waals surface area contributed by atoms with Crippen LogP contribution in [0.25, 0.3) is 10.6 Å². The van der Waals surface area contributed by atoms with E-state index in [9.17, 15) is 31.1 Å². The molecule has 0 amide bonds. The minimum Gasteiger partial charge on any atom is -0.495 e. The zero-order valence-corrected chi connectivity index (χ0v) is 17.5. The first kappa shape index (κ1) is 23.7. The monoisotopic (exact) mass is 494 g/mol. The molecule has 2 aromatic carbocycles. The third-order valence-electron chi connectivity index (χ3n) is 4.12. The lowest BCUT2D eigenvalue weighted by molar-refractivity contribution is -0.289. The number of methoxy groups -OCH3 is 1. The van der Waals surface area contributed by atoms with Gasteiger partial charge in [-0.3, -0.25) is 0 Å². The number of hydrogen-bond acceptors (Lipinski definition) is 6. The van der Waals surface area contributed by atoms with Crippen molar-refractivity contribution in [2.75, 3.05) is 11.8 Å². The molecule has 0 saturated carbocycles. The van der Waals surface area contributed by atoms with Crippen molar-refractivity contribution in [3.8, 4) is 16.3 Å². The molecule has 1 heterocycles. The largest absolute Gasteiger partial charge is 0.495 e. The predicted octanol–water partition coefficient (Wildman–Crippen LogP) is 6.43. The van der Waals surface area contributed by atoms with Gasteiger partial charge in [-0.05, 0) is 6.07 Å². The Labute approximate surface area is 185 Å². The van der Waals surface area contributed by atoms with E-state index in [1.54, 1.807) is 5.38 Å². The van der Waals surface area contributed by atoms with E-state index in [1.165, 1.54) is 7.11 Å². The standard InChI is InChI=1S/C19H12F6N2O3S2/c1-30-14-6-11(17(28)29)12(20)7-13(14)27-32-15-8-31-16(26-15)9-2-4-10(5-3-9)18(21,22)19(23,24)25/h2-8,27H,1H3,(H,28,29). The first-order chi connectivity index (χ1) is 14.9. The number of nitrogens with one attached hydrogen (secondary N) is 1. The molecule has 1 aromatic heterocycles. The molecule has 0 unspecified atom stereocenters. The number of carboxylic acid groups (broad SMARTS) is 1. The highest BCUT2D eigenvalue weighted by Gasteiger charge is 2.58. The van der Waals surface area contributed by atoms with E-state index < -0.39 is 35.0 Å². The molecule has 0 fully saturated rings. The predicted molar refractivity (Wildman–Crippen MR) is 107 cm³/mol. The average molecular weight is 494 g/mol. The number of carboxylic acids is 1. The van der Waals surface area contributed by atoms with Crippen LogP contribution in [0.4, 0.5) is 32.0 Å². The molecular formula is C19H12F6N2O3S2. The zero-order chi connectivity index (χ0) is 23.7. The number of nitrogens with zero attached hydrogens (tertiary/aromatic N) is 1. The highest BCUT2D eigenvalue weighted by atomic mass is 32.2. The van der Waals surface area contributed by atoms with Crippen molar-refractivity contribution in [2.24, 2.45) is 0 Å². The lowest BCUT2D eigenvalue weighted by atomic mass is 10.1. The third kappa shape index (κ3) is 4.78. The highest BCUT2D eigenvalue weighted by Crippen LogP contribution is 2.44. The summed E-state index contributed by atoms with van der Waals surface area (Å²) >= 11 is 2.05. The van der Waals surface area contributed by atoms with Gasteiger partial charge in [-0.25, -0.2) is 14.2 Å². The number of ether oxygens (including phenoxy) is 1. The summed E-state index contributed by atoms with van der Waals surface area (Å²) in [5.41, 5.74) is -1.26. The fraction of sp³-hybridized carbons (Fsp3) is 0.158. The summed E-state index contributed by atoms with van der Waals surface area (Å²) in [6.45, 7) is 0. The van der Waals surface area contributed by atoms with Crippen LogP contribution in [0.15, 0.2) is 46.8 Å². The maximum Gasteiger partial charge on any atom is 0.458 e. The van der Waals surface area contributed by atoms with Crippen LogP contribution in [0.2, 0.25) is 0 Å². The molecule has 0 spiro atoms. The molecule has 0 aliphatic rings. The number of alkyl halides is 5. The van der Waals surface area contributed by atoms with Gasteiger partial charge in [0.05, 0.1) is 18.4 Å². The highest BCUT2D eigenvalue weighted by molar-refractivity contribution is 8.00. The molecule has 13 heteroatoms. The van der Waals surface area contributed by atoms with E-state index >= 15 is 0 Å². The van der Waals surface area contributed by atoms with Crippen LogP contribution in [0.1, 0.15) is 15.9 Å². The van der Waals surface area contributed by atoms with Gasteiger partial charge < -0.3 is 14.6 Å². The summed E-state index contributed by atoms with van der Waals surface area (Å²) in [4.78, 5) is 15.3. The van der Waals surface area contributed by atoms with Gasteiger partial charge in [0.1, 0.15) is 21.6 Å². The molecule has 0 aliphatic heterocycles. The van der Waals surface area contributed by atoms with E-state index in [0.29, 0.717) is 27.7 Å². The number of aromatic nitrogens is 1. The van der Waals surface area contributed by atoms with Crippen LogP contribution >= 0.6 is 23.3 Å². The smallest absolute Gasteiger partial charge is 0.458 e. The van der Waals surface area contributed by atoms with Crippen LogP contribution < -0.4 is 9.46 Å². The van der Waals surface area contributed by atoms with Gasteiger partial charge in [-0.1, -0.05) is 24.3 Å². The fourth-order valence-corrected chi connectivity index (χ4v) is 4.09. The molecular weight excluding hydrogens is 482 g/mol. The molecule has 0 atom stereocenters. The fourth-order valence-electron chi connectivity index (χ4n) is 2.50. The number of halogens is 6. The summed E-state index contributed by atoms with van der Waals surface area (Å²) in [5, 5.41) is 11.3. The van der Waals surface area contributed by atoms with Crippen LogP contribution in [0.5, 0.6) is 5.75 Å². The number of anilines is 1. The van der Waals surface area contributed by atoms with Gasteiger partial charge in [-0.2, -0.15) is 22.0 Å². The van der Waals surface area contributed by atoms with Crippen molar-refractivity contribution < 1.29 is 41.0 Å². The second kappa shape index (κ2) is 8.90. The van der Waals surface area contributed by atoms with Gasteiger partial charge in [0.2, 0.25) is 0 Å². The summed E-state index contributed by atoms with van der Waals surface area (Å²) in [6.07, 6.45) is -5.70. The molecule has 0 bridgehead atoms. The van der Waals surface area contributed by atoms with Gasteiger partial charge >= 0.3 is 18.1 Å². The van der Waals surface area contributed by atoms with Crippen LogP contribution in [0, 0.1) is 5.82 Å². The number of hydrogen-bond donors (Lipinski definition) is 2. The summed E-state index contributed by atoms with van der Waals surface area (Å²) in [5.74, 6) is -7.32. The molecule has 32 heavy (non-hydrogen) atoms. The molecule has 0 saturated heterocycles. The average Bonchev–Trinajstić information content (AvgIpc) is 3.20. The first-order valence-corrected chi connectivity index (χ1v) is 10.2. The molecule has 170 valence electrons. The van der Waals surface area contributed by atoms with E-state index in [1.807, 2.05) is 0 Å². The van der Waals surface area contributed by atoms with Crippen molar-refractivity contribution in [3.05, 3.63) is 58.7 Å². The Morgan fingerprint density at radius 1 is 1.16 bits per heavy atom. The Morgan fingerprint density at radius 3 is 2.38 bits per heavy atom. The minimum atomic E-state index is -5.70. The van der Waals surface area contributed by atoms with Crippen molar-refractivity contribution in [2.45, 2.75) is 17.1 Å². The second-order valence-corrected chi connectivity index (χ2v) is 7.87. The number of carbonyl (C=O) groups is 1. The maximum atomic E-state index is 13.9. The lowest BCUT2D eigenvalue weighted by Crippen LogP contribution is -2.33. The second-order valence-electron chi connectivity index (χ2n) is 6.18. The Hall–Kier alpha value is -2.93. The Balaban J connectivity index is 1.75. The van der Waals surface area contributed by atoms with Crippen LogP contribution in [-0.4, -0.2) is 29.3 Å². The zero-order valence-electron chi connectivity index (χ0n) is 15.8. The van der Waals surface area contributed by atoms with Gasteiger partial charge in [-0.15, -0.1) is 11.3 Å². The molecule has 0 aliphatic carbocycles. The van der Waals surface area contributed by atoms with Gasteiger partial charge in [0.25, 0.3) is 0 Å². The number of aromatic carboxylic acids is 1. The van der Waals surface area contributed by atoms with E-state index in [4.69, 9.17) is 9.84 Å². The van der Waals surface area contributed by atoms with Crippen LogP contribution in [0.3, 0.4) is 0 Å². The Kier molecular flexibility index (Phi) is 6.60. The topological polar surface area (TPSA) is 71.5 Å².